The molecule has 192 valence electrons. The van der Waals surface area contributed by atoms with Crippen LogP contribution in [0, 0.1) is 0 Å². The molecule has 0 aliphatic heterocycles. The monoisotopic (exact) mass is 458 g/mol. The van der Waals surface area contributed by atoms with Crippen molar-refractivity contribution in [2.45, 2.75) is 168 Å². The number of hydrogen-bond acceptors (Lipinski definition) is 1. The molecule has 1 aromatic rings. The highest BCUT2D eigenvalue weighted by Gasteiger charge is 2.04. The predicted molar refractivity (Wildman–Crippen MR) is 148 cm³/mol. The van der Waals surface area contributed by atoms with Gasteiger partial charge in [-0.25, -0.2) is 0 Å². The third kappa shape index (κ3) is 18.1. The molecule has 1 rings (SSSR count). The molecule has 0 fully saturated rings. The van der Waals surface area contributed by atoms with Gasteiger partial charge in [0.2, 0.25) is 0 Å². The first kappa shape index (κ1) is 30.1. The number of rotatable bonds is 24. The van der Waals surface area contributed by atoms with Crippen LogP contribution in [0.2, 0.25) is 0 Å². The predicted octanol–water partition coefficient (Wildman–Crippen LogP) is 11.1. The van der Waals surface area contributed by atoms with E-state index in [1.807, 2.05) is 6.07 Å². The van der Waals surface area contributed by atoms with Gasteiger partial charge in [0.15, 0.2) is 0 Å². The van der Waals surface area contributed by atoms with E-state index >= 15 is 0 Å². The smallest absolute Gasteiger partial charge is 0.118 e. The van der Waals surface area contributed by atoms with E-state index < -0.39 is 0 Å². The van der Waals surface area contributed by atoms with Gasteiger partial charge in [-0.15, -0.1) is 0 Å². The van der Waals surface area contributed by atoms with E-state index in [1.54, 1.807) is 0 Å². The number of phenolic OH excluding ortho intramolecular Hbond substituents is 1. The van der Waals surface area contributed by atoms with Gasteiger partial charge in [-0.05, 0) is 42.9 Å². The molecule has 0 radical (unpaired) electrons. The van der Waals surface area contributed by atoms with Gasteiger partial charge in [0.25, 0.3) is 0 Å². The van der Waals surface area contributed by atoms with E-state index in [9.17, 15) is 5.11 Å². The summed E-state index contributed by atoms with van der Waals surface area (Å²) in [5.74, 6) is 0.504. The minimum Gasteiger partial charge on any atom is -0.508 e. The average Bonchev–Trinajstić information content (AvgIpc) is 2.82. The van der Waals surface area contributed by atoms with Crippen LogP contribution in [0.15, 0.2) is 18.2 Å². The maximum Gasteiger partial charge on any atom is 0.118 e. The van der Waals surface area contributed by atoms with Gasteiger partial charge in [-0.1, -0.05) is 154 Å². The molecular formula is C32H58O. The molecule has 0 heterocycles. The Hall–Kier alpha value is -0.980. The number of unbranched alkanes of at least 4 members (excludes halogenated alkanes) is 20. The molecule has 1 nitrogen and oxygen atoms in total. The molecule has 0 unspecified atom stereocenters. The lowest BCUT2D eigenvalue weighted by atomic mass is 9.99. The largest absolute Gasteiger partial charge is 0.508 e. The van der Waals surface area contributed by atoms with Gasteiger partial charge in [0.1, 0.15) is 5.75 Å². The second kappa shape index (κ2) is 22.8. The molecule has 1 N–H and O–H groups in total. The van der Waals surface area contributed by atoms with E-state index in [0.717, 1.165) is 6.42 Å². The summed E-state index contributed by atoms with van der Waals surface area (Å²) in [7, 11) is 0. The van der Waals surface area contributed by atoms with Gasteiger partial charge >= 0.3 is 0 Å². The van der Waals surface area contributed by atoms with E-state index in [2.05, 4.69) is 26.0 Å². The van der Waals surface area contributed by atoms with Gasteiger partial charge in [-0.3, -0.25) is 0 Å². The quantitative estimate of drug-likeness (QED) is 0.153. The molecule has 33 heavy (non-hydrogen) atoms. The van der Waals surface area contributed by atoms with Crippen molar-refractivity contribution in [2.75, 3.05) is 0 Å². The molecule has 0 atom stereocenters. The Morgan fingerprint density at radius 2 is 0.818 bits per heavy atom. The summed E-state index contributed by atoms with van der Waals surface area (Å²) in [4.78, 5) is 0. The Labute approximate surface area is 208 Å². The Kier molecular flexibility index (Phi) is 20.8. The summed E-state index contributed by atoms with van der Waals surface area (Å²) in [6.45, 7) is 4.58. The normalized spacial score (nSPS) is 11.3. The van der Waals surface area contributed by atoms with E-state index in [0.29, 0.717) is 5.75 Å². The number of aromatic hydroxyl groups is 1. The lowest BCUT2D eigenvalue weighted by Crippen LogP contribution is -1.92. The van der Waals surface area contributed by atoms with Gasteiger partial charge in [0.05, 0.1) is 0 Å². The van der Waals surface area contributed by atoms with Crippen LogP contribution in [0.3, 0.4) is 0 Å². The molecule has 1 aromatic carbocycles. The highest BCUT2D eigenvalue weighted by atomic mass is 16.3. The Bertz CT molecular complexity index is 535. The zero-order valence-corrected chi connectivity index (χ0v) is 22.6. The molecule has 0 aliphatic rings. The fraction of sp³-hybridized carbons (Fsp3) is 0.812. The molecule has 0 amide bonds. The van der Waals surface area contributed by atoms with Crippen LogP contribution in [0.1, 0.15) is 166 Å². The number of aryl methyl sites for hydroxylation is 2. The maximum atomic E-state index is 10.3. The van der Waals surface area contributed by atoms with Crippen molar-refractivity contribution in [3.8, 4) is 5.75 Å². The first-order valence-electron chi connectivity index (χ1n) is 15.1. The SMILES string of the molecule is CCCCCCCCCCCCCc1ccc(O)c(CCCCCCCCCCCCC)c1. The van der Waals surface area contributed by atoms with Crippen molar-refractivity contribution in [3.05, 3.63) is 29.3 Å². The summed E-state index contributed by atoms with van der Waals surface area (Å²) >= 11 is 0. The molecule has 0 aliphatic carbocycles. The standard InChI is InChI=1S/C32H58O/c1-3-5-7-9-11-13-15-17-19-21-23-25-30-27-28-32(33)31(29-30)26-24-22-20-18-16-14-12-10-8-6-4-2/h27-29,33H,3-26H2,1-2H3. The second-order valence-electron chi connectivity index (χ2n) is 10.5. The molecule has 0 saturated carbocycles. The minimum absolute atomic E-state index is 0.504. The van der Waals surface area contributed by atoms with E-state index in [-0.39, 0.29) is 0 Å². The molecule has 0 spiro atoms. The van der Waals surface area contributed by atoms with Crippen LogP contribution < -0.4 is 0 Å². The second-order valence-corrected chi connectivity index (χ2v) is 10.5. The van der Waals surface area contributed by atoms with E-state index in [1.165, 1.54) is 159 Å². The number of hydrogen-bond donors (Lipinski definition) is 1. The van der Waals surface area contributed by atoms with Crippen LogP contribution in [0.25, 0.3) is 0 Å². The van der Waals surface area contributed by atoms with Crippen LogP contribution in [0.5, 0.6) is 5.75 Å². The molecule has 1 heteroatoms. The molecule has 0 aromatic heterocycles. The average molecular weight is 459 g/mol. The Balaban J connectivity index is 2.02. The van der Waals surface area contributed by atoms with Crippen LogP contribution in [0.4, 0.5) is 0 Å². The van der Waals surface area contributed by atoms with Crippen LogP contribution >= 0.6 is 0 Å². The third-order valence-corrected chi connectivity index (χ3v) is 7.26. The zero-order valence-electron chi connectivity index (χ0n) is 22.6. The summed E-state index contributed by atoms with van der Waals surface area (Å²) in [6, 6.07) is 6.35. The van der Waals surface area contributed by atoms with Crippen molar-refractivity contribution in [2.24, 2.45) is 0 Å². The summed E-state index contributed by atoms with van der Waals surface area (Å²) in [5, 5.41) is 10.3. The topological polar surface area (TPSA) is 20.2 Å². The van der Waals surface area contributed by atoms with Gasteiger partial charge in [-0.2, -0.15) is 0 Å². The third-order valence-electron chi connectivity index (χ3n) is 7.26. The van der Waals surface area contributed by atoms with Crippen molar-refractivity contribution < 1.29 is 5.11 Å². The first-order valence-corrected chi connectivity index (χ1v) is 15.1. The van der Waals surface area contributed by atoms with Crippen molar-refractivity contribution in [1.82, 2.24) is 0 Å². The first-order chi connectivity index (χ1) is 16.3. The fourth-order valence-electron chi connectivity index (χ4n) is 4.97. The molecule has 0 bridgehead atoms. The van der Waals surface area contributed by atoms with E-state index in [4.69, 9.17) is 0 Å². The van der Waals surface area contributed by atoms with Crippen LogP contribution in [-0.2, 0) is 12.8 Å². The maximum absolute atomic E-state index is 10.3. The van der Waals surface area contributed by atoms with Crippen molar-refractivity contribution >= 4 is 0 Å². The lowest BCUT2D eigenvalue weighted by Gasteiger charge is -2.09. The Morgan fingerprint density at radius 3 is 1.24 bits per heavy atom. The fourth-order valence-corrected chi connectivity index (χ4v) is 4.97. The van der Waals surface area contributed by atoms with Crippen LogP contribution in [-0.4, -0.2) is 5.11 Å². The minimum atomic E-state index is 0.504. The highest BCUT2D eigenvalue weighted by Crippen LogP contribution is 2.23. The highest BCUT2D eigenvalue weighted by molar-refractivity contribution is 5.36. The Morgan fingerprint density at radius 1 is 0.455 bits per heavy atom. The summed E-state index contributed by atoms with van der Waals surface area (Å²) < 4.78 is 0. The van der Waals surface area contributed by atoms with Crippen molar-refractivity contribution in [3.63, 3.8) is 0 Å². The number of benzene rings is 1. The van der Waals surface area contributed by atoms with Gasteiger partial charge < -0.3 is 5.11 Å². The summed E-state index contributed by atoms with van der Waals surface area (Å²) in [5.41, 5.74) is 2.59. The lowest BCUT2D eigenvalue weighted by molar-refractivity contribution is 0.465. The van der Waals surface area contributed by atoms with Gasteiger partial charge in [0, 0.05) is 0 Å². The zero-order chi connectivity index (χ0) is 23.8. The molecule has 0 saturated heterocycles. The number of phenols is 1. The van der Waals surface area contributed by atoms with Crippen molar-refractivity contribution in [1.29, 1.82) is 0 Å². The summed E-state index contributed by atoms with van der Waals surface area (Å²) in [6.07, 6.45) is 32.7. The molecular weight excluding hydrogens is 400 g/mol.